The van der Waals surface area contributed by atoms with E-state index >= 15 is 0 Å². The van der Waals surface area contributed by atoms with E-state index in [1.54, 1.807) is 18.7 Å². The Morgan fingerprint density at radius 3 is 2.63 bits per heavy atom. The molecule has 1 aromatic rings. The molecule has 1 saturated heterocycles. The number of aromatic nitrogens is 1. The van der Waals surface area contributed by atoms with Crippen molar-refractivity contribution in [2.75, 3.05) is 26.7 Å². The number of likely N-dealkylation sites (tertiary alicyclic amines) is 1. The monoisotopic (exact) mass is 377 g/mol. The average molecular weight is 377 g/mol. The van der Waals surface area contributed by atoms with Gasteiger partial charge in [-0.2, -0.15) is 0 Å². The van der Waals surface area contributed by atoms with E-state index < -0.39 is 5.97 Å². The molecule has 1 aliphatic heterocycles. The summed E-state index contributed by atoms with van der Waals surface area (Å²) in [6.45, 7) is 9.41. The van der Waals surface area contributed by atoms with E-state index in [1.165, 1.54) is 7.11 Å². The van der Waals surface area contributed by atoms with Crippen LogP contribution in [0.4, 0.5) is 0 Å². The van der Waals surface area contributed by atoms with Crippen LogP contribution in [-0.2, 0) is 9.53 Å². The van der Waals surface area contributed by atoms with Gasteiger partial charge in [0, 0.05) is 25.3 Å². The number of amides is 2. The number of aromatic amines is 1. The summed E-state index contributed by atoms with van der Waals surface area (Å²) in [4.78, 5) is 42.1. The molecular weight excluding hydrogens is 346 g/mol. The maximum atomic E-state index is 13.0. The second-order valence-electron chi connectivity index (χ2n) is 7.68. The van der Waals surface area contributed by atoms with Gasteiger partial charge in [-0.1, -0.05) is 13.8 Å². The van der Waals surface area contributed by atoms with Crippen molar-refractivity contribution in [1.29, 1.82) is 0 Å². The Morgan fingerprint density at radius 2 is 2.00 bits per heavy atom. The van der Waals surface area contributed by atoms with Crippen molar-refractivity contribution in [3.63, 3.8) is 0 Å². The molecule has 2 amide bonds. The number of nitrogens with one attached hydrogen (secondary N) is 2. The number of rotatable bonds is 6. The minimum absolute atomic E-state index is 0.0165. The summed E-state index contributed by atoms with van der Waals surface area (Å²) in [6.07, 6.45) is 2.52. The highest BCUT2D eigenvalue weighted by molar-refractivity contribution is 6.00. The summed E-state index contributed by atoms with van der Waals surface area (Å²) in [5, 5.41) is 2.98. The quantitative estimate of drug-likeness (QED) is 0.745. The first-order chi connectivity index (χ1) is 12.8. The van der Waals surface area contributed by atoms with E-state index in [-0.39, 0.29) is 17.7 Å². The first-order valence-corrected chi connectivity index (χ1v) is 9.60. The summed E-state index contributed by atoms with van der Waals surface area (Å²) in [6, 6.07) is 0. The van der Waals surface area contributed by atoms with Gasteiger partial charge in [0.05, 0.1) is 18.6 Å². The summed E-state index contributed by atoms with van der Waals surface area (Å²) in [7, 11) is 1.32. The van der Waals surface area contributed by atoms with Crippen LogP contribution in [0.15, 0.2) is 0 Å². The Labute approximate surface area is 160 Å². The third kappa shape index (κ3) is 4.90. The predicted molar refractivity (Wildman–Crippen MR) is 103 cm³/mol. The van der Waals surface area contributed by atoms with E-state index in [0.717, 1.165) is 19.3 Å². The molecule has 1 atom stereocenters. The van der Waals surface area contributed by atoms with Crippen molar-refractivity contribution in [3.8, 4) is 0 Å². The Morgan fingerprint density at radius 1 is 1.30 bits per heavy atom. The molecule has 0 bridgehead atoms. The summed E-state index contributed by atoms with van der Waals surface area (Å²) in [5.41, 5.74) is 2.00. The van der Waals surface area contributed by atoms with Gasteiger partial charge in [0.2, 0.25) is 5.91 Å². The van der Waals surface area contributed by atoms with E-state index in [2.05, 4.69) is 24.1 Å². The Hall–Kier alpha value is -2.31. The molecule has 2 rings (SSSR count). The van der Waals surface area contributed by atoms with Crippen molar-refractivity contribution in [2.45, 2.75) is 47.0 Å². The second-order valence-corrected chi connectivity index (χ2v) is 7.68. The molecule has 1 aliphatic rings. The Bertz CT molecular complexity index is 708. The molecular formula is C20H31N3O4. The third-order valence-corrected chi connectivity index (χ3v) is 5.14. The van der Waals surface area contributed by atoms with Crippen molar-refractivity contribution in [2.24, 2.45) is 11.8 Å². The van der Waals surface area contributed by atoms with Crippen LogP contribution in [0.1, 0.15) is 65.2 Å². The number of carbonyl (C=O) groups excluding carboxylic acids is 3. The minimum atomic E-state index is -0.457. The second kappa shape index (κ2) is 9.06. The molecule has 0 radical (unpaired) electrons. The maximum absolute atomic E-state index is 13.0. The fourth-order valence-corrected chi connectivity index (χ4v) is 3.53. The zero-order chi connectivity index (χ0) is 20.1. The van der Waals surface area contributed by atoms with E-state index in [1.807, 2.05) is 0 Å². The molecule has 0 aliphatic carbocycles. The predicted octanol–water partition coefficient (Wildman–Crippen LogP) is 2.43. The molecule has 0 aromatic carbocycles. The zero-order valence-corrected chi connectivity index (χ0v) is 17.0. The number of nitrogens with zero attached hydrogens (tertiary/aromatic N) is 1. The molecule has 7 heteroatoms. The Balaban J connectivity index is 2.07. The number of esters is 1. The standard InChI is InChI=1S/C20H31N3O4/c1-12(2)8-9-21-18(24)15-7-6-10-23(11-15)19(25)17-13(3)16(14(4)22-17)20(26)27-5/h12,15,22H,6-11H2,1-5H3,(H,21,24). The van der Waals surface area contributed by atoms with Crippen LogP contribution in [-0.4, -0.2) is 54.4 Å². The fraction of sp³-hybridized carbons (Fsp3) is 0.650. The van der Waals surface area contributed by atoms with Crippen LogP contribution in [0.3, 0.4) is 0 Å². The van der Waals surface area contributed by atoms with E-state index in [0.29, 0.717) is 48.1 Å². The van der Waals surface area contributed by atoms with Crippen LogP contribution < -0.4 is 5.32 Å². The minimum Gasteiger partial charge on any atom is -0.465 e. The van der Waals surface area contributed by atoms with Crippen LogP contribution in [0.2, 0.25) is 0 Å². The lowest BCUT2D eigenvalue weighted by Gasteiger charge is -2.32. The lowest BCUT2D eigenvalue weighted by molar-refractivity contribution is -0.126. The highest BCUT2D eigenvalue weighted by atomic mass is 16.5. The molecule has 1 aromatic heterocycles. The van der Waals surface area contributed by atoms with Crippen LogP contribution in [0, 0.1) is 25.7 Å². The van der Waals surface area contributed by atoms with Gasteiger partial charge >= 0.3 is 5.97 Å². The maximum Gasteiger partial charge on any atom is 0.339 e. The number of hydrogen-bond acceptors (Lipinski definition) is 4. The molecule has 2 heterocycles. The molecule has 1 fully saturated rings. The van der Waals surface area contributed by atoms with Gasteiger partial charge in [0.15, 0.2) is 0 Å². The van der Waals surface area contributed by atoms with Gasteiger partial charge < -0.3 is 19.9 Å². The SMILES string of the molecule is COC(=O)c1c(C)[nH]c(C(=O)N2CCCC(C(=O)NCCC(C)C)C2)c1C. The van der Waals surface area contributed by atoms with Crippen molar-refractivity contribution in [3.05, 3.63) is 22.5 Å². The number of piperidine rings is 1. The van der Waals surface area contributed by atoms with Gasteiger partial charge in [-0.05, 0) is 44.6 Å². The number of methoxy groups -OCH3 is 1. The summed E-state index contributed by atoms with van der Waals surface area (Å²) >= 11 is 0. The molecule has 0 saturated carbocycles. The summed E-state index contributed by atoms with van der Waals surface area (Å²) < 4.78 is 4.80. The van der Waals surface area contributed by atoms with Crippen molar-refractivity contribution < 1.29 is 19.1 Å². The van der Waals surface area contributed by atoms with Crippen LogP contribution in [0.25, 0.3) is 0 Å². The lowest BCUT2D eigenvalue weighted by Crippen LogP contribution is -2.46. The van der Waals surface area contributed by atoms with Crippen LogP contribution in [0.5, 0.6) is 0 Å². The molecule has 0 spiro atoms. The average Bonchev–Trinajstić information content (AvgIpc) is 2.94. The van der Waals surface area contributed by atoms with Gasteiger partial charge in [0.25, 0.3) is 5.91 Å². The normalized spacial score (nSPS) is 17.1. The largest absolute Gasteiger partial charge is 0.465 e. The van der Waals surface area contributed by atoms with Crippen molar-refractivity contribution >= 4 is 17.8 Å². The van der Waals surface area contributed by atoms with Crippen molar-refractivity contribution in [1.82, 2.24) is 15.2 Å². The zero-order valence-electron chi connectivity index (χ0n) is 17.0. The molecule has 150 valence electrons. The smallest absolute Gasteiger partial charge is 0.339 e. The number of hydrogen-bond donors (Lipinski definition) is 2. The topological polar surface area (TPSA) is 91.5 Å². The highest BCUT2D eigenvalue weighted by Gasteiger charge is 2.31. The Kier molecular flexibility index (Phi) is 7.05. The van der Waals surface area contributed by atoms with Gasteiger partial charge in [-0.25, -0.2) is 4.79 Å². The van der Waals surface area contributed by atoms with E-state index in [9.17, 15) is 14.4 Å². The highest BCUT2D eigenvalue weighted by Crippen LogP contribution is 2.23. The fourth-order valence-electron chi connectivity index (χ4n) is 3.53. The number of aryl methyl sites for hydroxylation is 1. The lowest BCUT2D eigenvalue weighted by atomic mass is 9.96. The van der Waals surface area contributed by atoms with Crippen LogP contribution >= 0.6 is 0 Å². The number of carbonyl (C=O) groups is 3. The van der Waals surface area contributed by atoms with Gasteiger partial charge in [0.1, 0.15) is 5.69 Å². The third-order valence-electron chi connectivity index (χ3n) is 5.14. The molecule has 7 nitrogen and oxygen atoms in total. The first-order valence-electron chi connectivity index (χ1n) is 9.60. The van der Waals surface area contributed by atoms with E-state index in [4.69, 9.17) is 4.74 Å². The molecule has 27 heavy (non-hydrogen) atoms. The number of ether oxygens (including phenoxy) is 1. The van der Waals surface area contributed by atoms with Gasteiger partial charge in [-0.15, -0.1) is 0 Å². The summed E-state index contributed by atoms with van der Waals surface area (Å²) in [5.74, 6) is -0.265. The number of H-pyrrole nitrogens is 1. The molecule has 1 unspecified atom stereocenters. The van der Waals surface area contributed by atoms with Gasteiger partial charge in [-0.3, -0.25) is 9.59 Å². The first kappa shape index (κ1) is 21.0. The molecule has 2 N–H and O–H groups in total.